The summed E-state index contributed by atoms with van der Waals surface area (Å²) in [5.74, 6) is -0.321. The van der Waals surface area contributed by atoms with Gasteiger partial charge in [0.2, 0.25) is 0 Å². The minimum absolute atomic E-state index is 0.0906. The number of carbonyl (C=O) groups excluding carboxylic acids is 1. The van der Waals surface area contributed by atoms with Crippen molar-refractivity contribution in [2.75, 3.05) is 11.9 Å². The van der Waals surface area contributed by atoms with Crippen LogP contribution in [0.25, 0.3) is 22.0 Å². The number of hydrogen-bond acceptors (Lipinski definition) is 4. The molecule has 7 heteroatoms. The number of rotatable bonds is 8. The van der Waals surface area contributed by atoms with Crippen LogP contribution in [0.4, 0.5) is 18.9 Å². The standard InChI is InChI=1S/C32H25F3N2O2/c33-32(34,35)28-11-5-10-26-29(27(20-37-30(26)28)31(39)23-6-2-1-3-7-23)24-8-4-9-25(18-24)36-19-22-14-12-21(13-15-22)16-17-38/h1-15,18,20,36,38H,16-17,19H2. The van der Waals surface area contributed by atoms with Crippen LogP contribution in [0.15, 0.2) is 103 Å². The van der Waals surface area contributed by atoms with E-state index < -0.39 is 11.7 Å². The number of nitrogens with zero attached hydrogens (tertiary/aromatic N) is 1. The molecule has 0 aliphatic rings. The van der Waals surface area contributed by atoms with E-state index in [1.807, 2.05) is 36.4 Å². The van der Waals surface area contributed by atoms with Crippen molar-refractivity contribution in [3.8, 4) is 11.1 Å². The zero-order valence-electron chi connectivity index (χ0n) is 20.9. The number of aliphatic hydroxyl groups excluding tert-OH is 1. The monoisotopic (exact) mass is 526 g/mol. The highest BCUT2D eigenvalue weighted by molar-refractivity contribution is 6.16. The molecule has 5 aromatic rings. The maximum absolute atomic E-state index is 13.8. The molecule has 0 amide bonds. The molecule has 196 valence electrons. The Bertz CT molecular complexity index is 1620. The average molecular weight is 527 g/mol. The number of fused-ring (bicyclic) bond motifs is 1. The Morgan fingerprint density at radius 2 is 1.56 bits per heavy atom. The first kappa shape index (κ1) is 26.1. The van der Waals surface area contributed by atoms with E-state index in [-0.39, 0.29) is 28.9 Å². The smallest absolute Gasteiger partial charge is 0.396 e. The van der Waals surface area contributed by atoms with Gasteiger partial charge in [-0.25, -0.2) is 0 Å². The second kappa shape index (κ2) is 11.1. The lowest BCUT2D eigenvalue weighted by molar-refractivity contribution is -0.136. The van der Waals surface area contributed by atoms with Crippen molar-refractivity contribution in [2.45, 2.75) is 19.1 Å². The number of alkyl halides is 3. The normalized spacial score (nSPS) is 11.5. The van der Waals surface area contributed by atoms with Gasteiger partial charge >= 0.3 is 6.18 Å². The number of nitrogens with one attached hydrogen (secondary N) is 1. The third kappa shape index (κ3) is 5.68. The maximum Gasteiger partial charge on any atom is 0.418 e. The molecule has 4 nitrogen and oxygen atoms in total. The quantitative estimate of drug-likeness (QED) is 0.208. The summed E-state index contributed by atoms with van der Waals surface area (Å²) in [7, 11) is 0. The Labute approximate surface area is 223 Å². The second-order valence-electron chi connectivity index (χ2n) is 9.17. The molecule has 4 aromatic carbocycles. The molecule has 5 rings (SSSR count). The van der Waals surface area contributed by atoms with Crippen LogP contribution < -0.4 is 5.32 Å². The fraction of sp³-hybridized carbons (Fsp3) is 0.125. The van der Waals surface area contributed by atoms with Crippen LogP contribution >= 0.6 is 0 Å². The number of carbonyl (C=O) groups is 1. The van der Waals surface area contributed by atoms with Gasteiger partial charge in [-0.15, -0.1) is 0 Å². The Morgan fingerprint density at radius 1 is 0.846 bits per heavy atom. The van der Waals surface area contributed by atoms with Gasteiger partial charge in [0.15, 0.2) is 5.78 Å². The number of aromatic nitrogens is 1. The summed E-state index contributed by atoms with van der Waals surface area (Å²) in [4.78, 5) is 17.7. The zero-order chi connectivity index (χ0) is 27.4. The van der Waals surface area contributed by atoms with Gasteiger partial charge in [0.05, 0.1) is 11.1 Å². The van der Waals surface area contributed by atoms with E-state index in [1.165, 1.54) is 12.3 Å². The van der Waals surface area contributed by atoms with E-state index in [1.54, 1.807) is 48.5 Å². The van der Waals surface area contributed by atoms with Gasteiger partial charge in [0.1, 0.15) is 0 Å². The van der Waals surface area contributed by atoms with E-state index >= 15 is 0 Å². The first-order valence-corrected chi connectivity index (χ1v) is 12.5. The predicted octanol–water partition coefficient (Wildman–Crippen LogP) is 7.30. The first-order valence-electron chi connectivity index (χ1n) is 12.5. The zero-order valence-corrected chi connectivity index (χ0v) is 20.9. The minimum Gasteiger partial charge on any atom is -0.396 e. The molecule has 1 aromatic heterocycles. The molecule has 0 fully saturated rings. The van der Waals surface area contributed by atoms with Gasteiger partial charge in [0.25, 0.3) is 0 Å². The van der Waals surface area contributed by atoms with Crippen LogP contribution in [0.1, 0.15) is 32.6 Å². The average Bonchev–Trinajstić information content (AvgIpc) is 2.96. The van der Waals surface area contributed by atoms with Gasteiger partial charge in [-0.2, -0.15) is 13.2 Å². The highest BCUT2D eigenvalue weighted by Crippen LogP contribution is 2.39. The number of ketones is 1. The van der Waals surface area contributed by atoms with Crippen LogP contribution in [0, 0.1) is 0 Å². The summed E-state index contributed by atoms with van der Waals surface area (Å²) in [6.07, 6.45) is -2.75. The molecular formula is C32H25F3N2O2. The lowest BCUT2D eigenvalue weighted by Crippen LogP contribution is -2.09. The molecule has 0 unspecified atom stereocenters. The Kier molecular flexibility index (Phi) is 7.43. The molecule has 0 saturated carbocycles. The van der Waals surface area contributed by atoms with E-state index in [9.17, 15) is 18.0 Å². The van der Waals surface area contributed by atoms with Crippen LogP contribution in [0.3, 0.4) is 0 Å². The molecule has 0 saturated heterocycles. The Hall–Kier alpha value is -4.49. The molecule has 0 atom stereocenters. The summed E-state index contributed by atoms with van der Waals surface area (Å²) < 4.78 is 41.5. The molecule has 2 N–H and O–H groups in total. The summed E-state index contributed by atoms with van der Waals surface area (Å²) >= 11 is 0. The summed E-state index contributed by atoms with van der Waals surface area (Å²) in [6.45, 7) is 0.612. The lowest BCUT2D eigenvalue weighted by Gasteiger charge is -2.17. The topological polar surface area (TPSA) is 62.2 Å². The molecule has 0 aliphatic heterocycles. The summed E-state index contributed by atoms with van der Waals surface area (Å²) in [6, 6.07) is 27.7. The van der Waals surface area contributed by atoms with Crippen molar-refractivity contribution in [3.63, 3.8) is 0 Å². The molecule has 39 heavy (non-hydrogen) atoms. The molecular weight excluding hydrogens is 501 g/mol. The second-order valence-corrected chi connectivity index (χ2v) is 9.17. The fourth-order valence-electron chi connectivity index (χ4n) is 4.62. The molecule has 0 spiro atoms. The van der Waals surface area contributed by atoms with Crippen LogP contribution in [0.5, 0.6) is 0 Å². The van der Waals surface area contributed by atoms with Crippen LogP contribution in [0.2, 0.25) is 0 Å². The van der Waals surface area contributed by atoms with E-state index in [2.05, 4.69) is 10.3 Å². The molecule has 0 radical (unpaired) electrons. The summed E-state index contributed by atoms with van der Waals surface area (Å²) in [5, 5.41) is 12.7. The van der Waals surface area contributed by atoms with Crippen molar-refractivity contribution < 1.29 is 23.1 Å². The largest absolute Gasteiger partial charge is 0.418 e. The first-order chi connectivity index (χ1) is 18.8. The van der Waals surface area contributed by atoms with E-state index in [0.29, 0.717) is 29.7 Å². The highest BCUT2D eigenvalue weighted by atomic mass is 19.4. The van der Waals surface area contributed by atoms with Crippen LogP contribution in [-0.2, 0) is 19.1 Å². The third-order valence-electron chi connectivity index (χ3n) is 6.55. The molecule has 0 bridgehead atoms. The number of aliphatic hydroxyl groups is 1. The van der Waals surface area contributed by atoms with Gasteiger partial charge in [-0.05, 0) is 41.3 Å². The van der Waals surface area contributed by atoms with Crippen molar-refractivity contribution in [1.82, 2.24) is 4.98 Å². The van der Waals surface area contributed by atoms with Crippen molar-refractivity contribution >= 4 is 22.4 Å². The SMILES string of the molecule is O=C(c1ccccc1)c1cnc2c(C(F)(F)F)cccc2c1-c1cccc(NCc2ccc(CCO)cc2)c1. The highest BCUT2D eigenvalue weighted by Gasteiger charge is 2.34. The Morgan fingerprint density at radius 3 is 2.28 bits per heavy atom. The van der Waals surface area contributed by atoms with Crippen molar-refractivity contribution in [3.05, 3.63) is 131 Å². The van der Waals surface area contributed by atoms with Gasteiger partial charge in [-0.3, -0.25) is 9.78 Å². The van der Waals surface area contributed by atoms with Crippen LogP contribution in [-0.4, -0.2) is 22.5 Å². The lowest BCUT2D eigenvalue weighted by atomic mass is 9.91. The van der Waals surface area contributed by atoms with Gasteiger partial charge in [0, 0.05) is 47.1 Å². The molecule has 0 aliphatic carbocycles. The third-order valence-corrected chi connectivity index (χ3v) is 6.55. The number of anilines is 1. The fourth-order valence-corrected chi connectivity index (χ4v) is 4.62. The summed E-state index contributed by atoms with van der Waals surface area (Å²) in [5.41, 5.74) is 3.43. The minimum atomic E-state index is -4.59. The van der Waals surface area contributed by atoms with Gasteiger partial charge < -0.3 is 10.4 Å². The number of halogens is 3. The van der Waals surface area contributed by atoms with E-state index in [4.69, 9.17) is 5.11 Å². The van der Waals surface area contributed by atoms with Crippen molar-refractivity contribution in [2.24, 2.45) is 0 Å². The Balaban J connectivity index is 1.58. The maximum atomic E-state index is 13.8. The number of benzene rings is 4. The number of pyridine rings is 1. The predicted molar refractivity (Wildman–Crippen MR) is 147 cm³/mol. The van der Waals surface area contributed by atoms with Gasteiger partial charge in [-0.1, -0.05) is 78.9 Å². The van der Waals surface area contributed by atoms with Crippen molar-refractivity contribution in [1.29, 1.82) is 0 Å². The van der Waals surface area contributed by atoms with E-state index in [0.717, 1.165) is 22.9 Å². The number of para-hydroxylation sites is 1. The number of hydrogen-bond donors (Lipinski definition) is 2. The molecule has 1 heterocycles.